The number of nitrogens with zero attached hydrogens (tertiary/aromatic N) is 1. The molecule has 1 fully saturated rings. The first-order valence-corrected chi connectivity index (χ1v) is 11.7. The summed E-state index contributed by atoms with van der Waals surface area (Å²) in [4.78, 5) is 12.4. The highest BCUT2D eigenvalue weighted by Crippen LogP contribution is 2.36. The van der Waals surface area contributed by atoms with Crippen LogP contribution in [-0.4, -0.2) is 31.7 Å². The standard InChI is InChI=1S/C20H19Cl2F3N2O3S/c21-16-8-6-14(12-15(16)20(23,24)25)26-19(28)13-5-7-17(22)18(11-13)31(29,30)27-9-3-1-2-4-10-27/h5-8,11-12H,1-4,9-10H2,(H,26,28). The molecule has 0 aliphatic carbocycles. The van der Waals surface area contributed by atoms with Gasteiger partial charge in [0.2, 0.25) is 10.0 Å². The number of benzene rings is 2. The first kappa shape index (κ1) is 23.8. The molecule has 1 saturated heterocycles. The summed E-state index contributed by atoms with van der Waals surface area (Å²) in [5.74, 6) is -0.778. The molecule has 1 aliphatic heterocycles. The van der Waals surface area contributed by atoms with Gasteiger partial charge in [-0.25, -0.2) is 8.42 Å². The van der Waals surface area contributed by atoms with Crippen molar-refractivity contribution < 1.29 is 26.4 Å². The van der Waals surface area contributed by atoms with Gasteiger partial charge in [0, 0.05) is 24.3 Å². The van der Waals surface area contributed by atoms with E-state index in [0.29, 0.717) is 19.2 Å². The molecular formula is C20H19Cl2F3N2O3S. The van der Waals surface area contributed by atoms with Crippen molar-refractivity contribution in [2.45, 2.75) is 36.8 Å². The lowest BCUT2D eigenvalue weighted by Crippen LogP contribution is -2.32. The number of amides is 1. The van der Waals surface area contributed by atoms with E-state index in [1.165, 1.54) is 22.5 Å². The van der Waals surface area contributed by atoms with Crippen LogP contribution in [0.3, 0.4) is 0 Å². The van der Waals surface area contributed by atoms with Crippen LogP contribution in [0.15, 0.2) is 41.3 Å². The molecular weight excluding hydrogens is 476 g/mol. The van der Waals surface area contributed by atoms with E-state index in [1.807, 2.05) is 0 Å². The third-order valence-corrected chi connectivity index (χ3v) is 7.62. The van der Waals surface area contributed by atoms with Crippen molar-refractivity contribution in [1.82, 2.24) is 4.31 Å². The molecule has 0 aromatic heterocycles. The van der Waals surface area contributed by atoms with E-state index in [1.54, 1.807) is 0 Å². The summed E-state index contributed by atoms with van der Waals surface area (Å²) in [7, 11) is -3.92. The van der Waals surface area contributed by atoms with Gasteiger partial charge in [-0.3, -0.25) is 4.79 Å². The average Bonchev–Trinajstić information content (AvgIpc) is 2.99. The number of nitrogens with one attached hydrogen (secondary N) is 1. The van der Waals surface area contributed by atoms with Crippen LogP contribution in [0.25, 0.3) is 0 Å². The molecule has 1 aliphatic rings. The number of carbonyl (C=O) groups is 1. The van der Waals surface area contributed by atoms with Crippen molar-refractivity contribution in [3.63, 3.8) is 0 Å². The number of alkyl halides is 3. The lowest BCUT2D eigenvalue weighted by Gasteiger charge is -2.21. The summed E-state index contributed by atoms with van der Waals surface area (Å²) in [5.41, 5.74) is -1.28. The number of hydrogen-bond acceptors (Lipinski definition) is 3. The maximum atomic E-state index is 13.1. The third kappa shape index (κ3) is 5.52. The van der Waals surface area contributed by atoms with Crippen LogP contribution in [0.5, 0.6) is 0 Å². The molecule has 2 aromatic carbocycles. The summed E-state index contributed by atoms with van der Waals surface area (Å²) >= 11 is 11.7. The molecule has 2 aromatic rings. The molecule has 0 bridgehead atoms. The fourth-order valence-electron chi connectivity index (χ4n) is 3.29. The normalized spacial score (nSPS) is 16.0. The van der Waals surface area contributed by atoms with Crippen LogP contribution in [0, 0.1) is 0 Å². The van der Waals surface area contributed by atoms with Crippen molar-refractivity contribution in [2.75, 3.05) is 18.4 Å². The number of rotatable bonds is 4. The van der Waals surface area contributed by atoms with Gasteiger partial charge < -0.3 is 5.32 Å². The molecule has 5 nitrogen and oxygen atoms in total. The topological polar surface area (TPSA) is 66.5 Å². The summed E-state index contributed by atoms with van der Waals surface area (Å²) in [6.45, 7) is 0.722. The first-order chi connectivity index (χ1) is 14.5. The highest BCUT2D eigenvalue weighted by Gasteiger charge is 2.33. The molecule has 0 radical (unpaired) electrons. The van der Waals surface area contributed by atoms with Crippen LogP contribution in [-0.2, 0) is 16.2 Å². The third-order valence-electron chi connectivity index (χ3n) is 4.91. The first-order valence-electron chi connectivity index (χ1n) is 9.48. The second kappa shape index (κ2) is 9.36. The quantitative estimate of drug-likeness (QED) is 0.581. The zero-order valence-electron chi connectivity index (χ0n) is 16.2. The highest BCUT2D eigenvalue weighted by atomic mass is 35.5. The van der Waals surface area contributed by atoms with Gasteiger partial charge in [-0.2, -0.15) is 17.5 Å². The summed E-state index contributed by atoms with van der Waals surface area (Å²) in [6, 6.07) is 6.69. The Balaban J connectivity index is 1.88. The van der Waals surface area contributed by atoms with Gasteiger partial charge in [-0.05, 0) is 49.2 Å². The van der Waals surface area contributed by atoms with E-state index in [4.69, 9.17) is 23.2 Å². The Morgan fingerprint density at radius 3 is 2.16 bits per heavy atom. The Morgan fingerprint density at radius 1 is 0.935 bits per heavy atom. The molecule has 1 heterocycles. The van der Waals surface area contributed by atoms with Gasteiger partial charge in [0.05, 0.1) is 15.6 Å². The van der Waals surface area contributed by atoms with Gasteiger partial charge >= 0.3 is 6.18 Å². The van der Waals surface area contributed by atoms with Gasteiger partial charge in [0.25, 0.3) is 5.91 Å². The molecule has 1 N–H and O–H groups in total. The van der Waals surface area contributed by atoms with Crippen molar-refractivity contribution in [3.05, 3.63) is 57.6 Å². The molecule has 3 rings (SSSR count). The number of hydrogen-bond donors (Lipinski definition) is 1. The predicted octanol–water partition coefficient (Wildman–Crippen LogP) is 5.83. The van der Waals surface area contributed by atoms with Gasteiger partial charge in [0.15, 0.2) is 0 Å². The zero-order chi connectivity index (χ0) is 22.8. The number of sulfonamides is 1. The van der Waals surface area contributed by atoms with E-state index in [2.05, 4.69) is 5.32 Å². The Labute approximate surface area is 188 Å². The van der Waals surface area contributed by atoms with Crippen LogP contribution in [0.1, 0.15) is 41.6 Å². The van der Waals surface area contributed by atoms with Crippen LogP contribution in [0.4, 0.5) is 18.9 Å². The largest absolute Gasteiger partial charge is 0.417 e. The second-order valence-corrected chi connectivity index (χ2v) is 9.83. The minimum absolute atomic E-state index is 0.0355. The maximum Gasteiger partial charge on any atom is 0.417 e. The number of halogens is 5. The monoisotopic (exact) mass is 494 g/mol. The summed E-state index contributed by atoms with van der Waals surface area (Å²) in [5, 5.41) is 1.80. The molecule has 0 atom stereocenters. The summed E-state index contributed by atoms with van der Waals surface area (Å²) < 4.78 is 66.6. The fourth-order valence-corrected chi connectivity index (χ4v) is 5.53. The molecule has 11 heteroatoms. The van der Waals surface area contributed by atoms with Crippen molar-refractivity contribution >= 4 is 44.8 Å². The van der Waals surface area contributed by atoms with E-state index in [0.717, 1.165) is 37.8 Å². The Kier molecular flexibility index (Phi) is 7.20. The highest BCUT2D eigenvalue weighted by molar-refractivity contribution is 7.89. The minimum atomic E-state index is -4.69. The van der Waals surface area contributed by atoms with Crippen LogP contribution < -0.4 is 5.32 Å². The maximum absolute atomic E-state index is 13.1. The van der Waals surface area contributed by atoms with E-state index in [-0.39, 0.29) is 21.2 Å². The molecule has 0 saturated carbocycles. The van der Waals surface area contributed by atoms with Crippen LogP contribution >= 0.6 is 23.2 Å². The van der Waals surface area contributed by atoms with Gasteiger partial charge in [0.1, 0.15) is 4.90 Å². The second-order valence-electron chi connectivity index (χ2n) is 7.11. The van der Waals surface area contributed by atoms with Crippen molar-refractivity contribution in [3.8, 4) is 0 Å². The van der Waals surface area contributed by atoms with Gasteiger partial charge in [-0.1, -0.05) is 36.0 Å². The summed E-state index contributed by atoms with van der Waals surface area (Å²) in [6.07, 6.45) is -1.36. The molecule has 168 valence electrons. The van der Waals surface area contributed by atoms with Crippen molar-refractivity contribution in [2.24, 2.45) is 0 Å². The van der Waals surface area contributed by atoms with E-state index < -0.39 is 32.7 Å². The lowest BCUT2D eigenvalue weighted by atomic mass is 10.1. The Bertz CT molecular complexity index is 1080. The molecule has 0 spiro atoms. The van der Waals surface area contributed by atoms with Gasteiger partial charge in [-0.15, -0.1) is 0 Å². The fraction of sp³-hybridized carbons (Fsp3) is 0.350. The Morgan fingerprint density at radius 2 is 1.55 bits per heavy atom. The number of carbonyl (C=O) groups excluding carboxylic acids is 1. The lowest BCUT2D eigenvalue weighted by molar-refractivity contribution is -0.137. The minimum Gasteiger partial charge on any atom is -0.322 e. The van der Waals surface area contributed by atoms with Crippen LogP contribution in [0.2, 0.25) is 10.0 Å². The average molecular weight is 495 g/mol. The Hall–Kier alpha value is -1.81. The molecule has 1 amide bonds. The van der Waals surface area contributed by atoms with Crippen molar-refractivity contribution in [1.29, 1.82) is 0 Å². The SMILES string of the molecule is O=C(Nc1ccc(Cl)c(C(F)(F)F)c1)c1ccc(Cl)c(S(=O)(=O)N2CCCCCC2)c1. The zero-order valence-corrected chi connectivity index (χ0v) is 18.5. The van der Waals surface area contributed by atoms with E-state index >= 15 is 0 Å². The van der Waals surface area contributed by atoms with E-state index in [9.17, 15) is 26.4 Å². The smallest absolute Gasteiger partial charge is 0.322 e. The molecule has 0 unspecified atom stereocenters. The molecule has 31 heavy (non-hydrogen) atoms. The number of anilines is 1. The predicted molar refractivity (Wildman–Crippen MR) is 113 cm³/mol.